The maximum Gasteiger partial charge on any atom is 0.0850 e. The first-order chi connectivity index (χ1) is 9.97. The second kappa shape index (κ2) is 7.14. The van der Waals surface area contributed by atoms with Crippen LogP contribution in [0.1, 0.15) is 29.9 Å². The highest BCUT2D eigenvalue weighted by Gasteiger charge is 2.20. The molecule has 0 saturated heterocycles. The summed E-state index contributed by atoms with van der Waals surface area (Å²) >= 11 is 16.1. The van der Waals surface area contributed by atoms with Gasteiger partial charge in [0.1, 0.15) is 0 Å². The van der Waals surface area contributed by atoms with Gasteiger partial charge in [-0.25, -0.2) is 0 Å². The Bertz CT molecular complexity index is 640. The van der Waals surface area contributed by atoms with Gasteiger partial charge in [-0.1, -0.05) is 46.1 Å². The summed E-state index contributed by atoms with van der Waals surface area (Å²) in [5.41, 5.74) is 3.08. The van der Waals surface area contributed by atoms with E-state index in [4.69, 9.17) is 23.2 Å². The van der Waals surface area contributed by atoms with E-state index in [-0.39, 0.29) is 6.04 Å². The summed E-state index contributed by atoms with van der Waals surface area (Å²) in [5, 5.41) is 9.28. The zero-order chi connectivity index (χ0) is 15.6. The lowest BCUT2D eigenvalue weighted by molar-refractivity contribution is 0.559. The molecule has 0 saturated carbocycles. The van der Waals surface area contributed by atoms with Crippen molar-refractivity contribution in [1.82, 2.24) is 15.1 Å². The van der Waals surface area contributed by atoms with E-state index >= 15 is 0 Å². The number of hydrogen-bond donors (Lipinski definition) is 1. The fraction of sp³-hybridized carbons (Fsp3) is 0.400. The average Bonchev–Trinajstić information content (AvgIpc) is 2.74. The molecule has 0 spiro atoms. The minimum absolute atomic E-state index is 0.107. The number of aromatic nitrogens is 2. The fourth-order valence-electron chi connectivity index (χ4n) is 2.38. The Hall–Kier alpha value is -0.550. The van der Waals surface area contributed by atoms with Crippen LogP contribution in [-0.2, 0) is 19.9 Å². The van der Waals surface area contributed by atoms with Gasteiger partial charge < -0.3 is 5.32 Å². The van der Waals surface area contributed by atoms with Crippen molar-refractivity contribution < 1.29 is 0 Å². The topological polar surface area (TPSA) is 29.9 Å². The van der Waals surface area contributed by atoms with E-state index in [9.17, 15) is 0 Å². The summed E-state index contributed by atoms with van der Waals surface area (Å²) in [4.78, 5) is 0. The monoisotopic (exact) mass is 389 g/mol. The van der Waals surface area contributed by atoms with Crippen molar-refractivity contribution in [3.63, 3.8) is 0 Å². The van der Waals surface area contributed by atoms with Crippen molar-refractivity contribution >= 4 is 39.1 Å². The quantitative estimate of drug-likeness (QED) is 0.811. The number of benzene rings is 1. The van der Waals surface area contributed by atoms with Crippen molar-refractivity contribution in [3.8, 4) is 0 Å². The third-order valence-electron chi connectivity index (χ3n) is 3.58. The number of aryl methyl sites for hydroxylation is 2. The molecule has 1 heterocycles. The molecule has 1 aromatic carbocycles. The van der Waals surface area contributed by atoms with E-state index in [0.29, 0.717) is 0 Å². The molecule has 1 N–H and O–H groups in total. The Morgan fingerprint density at radius 1 is 1.38 bits per heavy atom. The SMILES string of the molecule is CCc1nn(C)c(CC(NC)c2cc(Cl)ccc2Br)c1Cl. The normalized spacial score (nSPS) is 12.7. The standard InChI is InChI=1S/C15H18BrCl2N3/c1-4-12-15(18)14(21(3)20-12)8-13(19-2)10-7-9(17)5-6-11(10)16/h5-7,13,19H,4,8H2,1-3H3. The third kappa shape index (κ3) is 3.62. The summed E-state index contributed by atoms with van der Waals surface area (Å²) in [6, 6.07) is 5.91. The molecule has 0 bridgehead atoms. The lowest BCUT2D eigenvalue weighted by Gasteiger charge is -2.19. The Labute approximate surface area is 143 Å². The second-order valence-corrected chi connectivity index (χ2v) is 6.56. The van der Waals surface area contributed by atoms with Crippen LogP contribution in [-0.4, -0.2) is 16.8 Å². The highest BCUT2D eigenvalue weighted by Crippen LogP contribution is 2.31. The van der Waals surface area contributed by atoms with Crippen molar-refractivity contribution in [2.24, 2.45) is 7.05 Å². The van der Waals surface area contributed by atoms with Crippen molar-refractivity contribution in [3.05, 3.63) is 49.7 Å². The van der Waals surface area contributed by atoms with E-state index in [0.717, 1.165) is 44.3 Å². The van der Waals surface area contributed by atoms with Gasteiger partial charge in [0.15, 0.2) is 0 Å². The largest absolute Gasteiger partial charge is 0.313 e. The van der Waals surface area contributed by atoms with Crippen molar-refractivity contribution in [2.45, 2.75) is 25.8 Å². The van der Waals surface area contributed by atoms with Crippen LogP contribution in [0, 0.1) is 0 Å². The summed E-state index contributed by atoms with van der Waals surface area (Å²) in [5.74, 6) is 0. The first-order valence-electron chi connectivity index (χ1n) is 6.80. The van der Waals surface area contributed by atoms with Gasteiger partial charge in [0, 0.05) is 29.0 Å². The fourth-order valence-corrected chi connectivity index (χ4v) is 3.46. The molecule has 0 aliphatic carbocycles. The highest BCUT2D eigenvalue weighted by atomic mass is 79.9. The molecule has 0 radical (unpaired) electrons. The van der Waals surface area contributed by atoms with Gasteiger partial charge in [-0.2, -0.15) is 5.10 Å². The molecule has 2 aromatic rings. The van der Waals surface area contributed by atoms with Gasteiger partial charge in [0.25, 0.3) is 0 Å². The molecule has 0 amide bonds. The molecule has 0 aliphatic rings. The highest BCUT2D eigenvalue weighted by molar-refractivity contribution is 9.10. The zero-order valence-electron chi connectivity index (χ0n) is 12.3. The summed E-state index contributed by atoms with van der Waals surface area (Å²) in [6.07, 6.45) is 1.58. The minimum Gasteiger partial charge on any atom is -0.313 e. The molecule has 1 aromatic heterocycles. The van der Waals surface area contributed by atoms with E-state index in [1.54, 1.807) is 0 Å². The summed E-state index contributed by atoms with van der Waals surface area (Å²) in [7, 11) is 3.86. The molecule has 1 unspecified atom stereocenters. The van der Waals surface area contributed by atoms with Crippen LogP contribution in [0.4, 0.5) is 0 Å². The molecule has 3 nitrogen and oxygen atoms in total. The Morgan fingerprint density at radius 3 is 2.67 bits per heavy atom. The van der Waals surface area contributed by atoms with Gasteiger partial charge in [-0.3, -0.25) is 4.68 Å². The Morgan fingerprint density at radius 2 is 2.10 bits per heavy atom. The maximum atomic E-state index is 6.44. The second-order valence-electron chi connectivity index (χ2n) is 4.90. The van der Waals surface area contributed by atoms with Crippen molar-refractivity contribution in [2.75, 3.05) is 7.05 Å². The van der Waals surface area contributed by atoms with Gasteiger partial charge in [-0.15, -0.1) is 0 Å². The smallest absolute Gasteiger partial charge is 0.0850 e. The van der Waals surface area contributed by atoms with E-state index in [2.05, 4.69) is 33.3 Å². The van der Waals surface area contributed by atoms with Gasteiger partial charge >= 0.3 is 0 Å². The zero-order valence-corrected chi connectivity index (χ0v) is 15.3. The van der Waals surface area contributed by atoms with Crippen molar-refractivity contribution in [1.29, 1.82) is 0 Å². The van der Waals surface area contributed by atoms with Gasteiger partial charge in [0.05, 0.1) is 16.4 Å². The van der Waals surface area contributed by atoms with Gasteiger partial charge in [0.2, 0.25) is 0 Å². The first kappa shape index (κ1) is 16.8. The Balaban J connectivity index is 2.36. The number of nitrogens with zero attached hydrogens (tertiary/aromatic N) is 2. The van der Waals surface area contributed by atoms with Crippen LogP contribution >= 0.6 is 39.1 Å². The van der Waals surface area contributed by atoms with E-state index in [1.165, 1.54) is 0 Å². The average molecular weight is 391 g/mol. The predicted molar refractivity (Wildman–Crippen MR) is 92.3 cm³/mol. The molecule has 6 heteroatoms. The van der Waals surface area contributed by atoms with Crippen LogP contribution in [0.2, 0.25) is 10.0 Å². The number of likely N-dealkylation sites (N-methyl/N-ethyl adjacent to an activating group) is 1. The maximum absolute atomic E-state index is 6.44. The van der Waals surface area contributed by atoms with Crippen LogP contribution in [0.15, 0.2) is 22.7 Å². The number of rotatable bonds is 5. The Kier molecular flexibility index (Phi) is 5.72. The number of hydrogen-bond acceptors (Lipinski definition) is 2. The van der Waals surface area contributed by atoms with Crippen LogP contribution in [0.5, 0.6) is 0 Å². The molecule has 114 valence electrons. The predicted octanol–water partition coefficient (Wildman–Crippen LogP) is 4.56. The minimum atomic E-state index is 0.107. The molecule has 0 fully saturated rings. The third-order valence-corrected chi connectivity index (χ3v) is 4.98. The van der Waals surface area contributed by atoms with Gasteiger partial charge in [-0.05, 0) is 37.2 Å². The summed E-state index contributed by atoms with van der Waals surface area (Å²) < 4.78 is 2.89. The number of halogens is 3. The first-order valence-corrected chi connectivity index (χ1v) is 8.35. The van der Waals surface area contributed by atoms with E-state index in [1.807, 2.05) is 37.0 Å². The van der Waals surface area contributed by atoms with E-state index < -0.39 is 0 Å². The lowest BCUT2D eigenvalue weighted by Crippen LogP contribution is -2.20. The lowest BCUT2D eigenvalue weighted by atomic mass is 10.0. The molecular weight excluding hydrogens is 373 g/mol. The molecule has 1 atom stereocenters. The number of nitrogens with one attached hydrogen (secondary N) is 1. The van der Waals surface area contributed by atoms with Crippen LogP contribution in [0.3, 0.4) is 0 Å². The van der Waals surface area contributed by atoms with Crippen LogP contribution < -0.4 is 5.32 Å². The molecule has 21 heavy (non-hydrogen) atoms. The summed E-state index contributed by atoms with van der Waals surface area (Å²) in [6.45, 7) is 2.06. The van der Waals surface area contributed by atoms with Crippen LogP contribution in [0.25, 0.3) is 0 Å². The molecule has 0 aliphatic heterocycles. The molecular formula is C15H18BrCl2N3. The molecule has 2 rings (SSSR count).